The summed E-state index contributed by atoms with van der Waals surface area (Å²) >= 11 is 1.71. The van der Waals surface area contributed by atoms with E-state index in [-0.39, 0.29) is 11.9 Å². The van der Waals surface area contributed by atoms with Crippen LogP contribution >= 0.6 is 11.3 Å². The van der Waals surface area contributed by atoms with E-state index in [1.807, 2.05) is 36.4 Å². The lowest BCUT2D eigenvalue weighted by Gasteiger charge is -2.19. The molecule has 0 radical (unpaired) electrons. The molecular weight excluding hydrogens is 362 g/mol. The maximum atomic E-state index is 11.9. The van der Waals surface area contributed by atoms with E-state index in [2.05, 4.69) is 32.3 Å². The molecule has 27 heavy (non-hydrogen) atoms. The van der Waals surface area contributed by atoms with Crippen LogP contribution in [0.5, 0.6) is 0 Å². The minimum absolute atomic E-state index is 0.205. The molecule has 0 aliphatic carbocycles. The highest BCUT2D eigenvalue weighted by atomic mass is 32.1. The van der Waals surface area contributed by atoms with Crippen LogP contribution in [0.2, 0.25) is 0 Å². The van der Waals surface area contributed by atoms with Gasteiger partial charge < -0.3 is 20.1 Å². The van der Waals surface area contributed by atoms with Crippen molar-refractivity contribution < 1.29 is 4.79 Å². The number of hydrogen-bond donors (Lipinski definition) is 2. The highest BCUT2D eigenvalue weighted by Crippen LogP contribution is 2.11. The molecule has 1 saturated heterocycles. The van der Waals surface area contributed by atoms with E-state index in [0.717, 1.165) is 37.1 Å². The van der Waals surface area contributed by atoms with E-state index < -0.39 is 0 Å². The average Bonchev–Trinajstić information content (AvgIpc) is 3.41. The lowest BCUT2D eigenvalue weighted by atomic mass is 10.3. The summed E-state index contributed by atoms with van der Waals surface area (Å²) in [6, 6.07) is 4.34. The zero-order chi connectivity index (χ0) is 19.2. The number of nitrogens with zero attached hydrogens (tertiary/aromatic N) is 5. The van der Waals surface area contributed by atoms with Crippen LogP contribution in [-0.2, 0) is 24.9 Å². The lowest BCUT2D eigenvalue weighted by molar-refractivity contribution is -0.129. The van der Waals surface area contributed by atoms with Crippen LogP contribution in [0.3, 0.4) is 0 Å². The Labute approximate surface area is 163 Å². The third-order valence-electron chi connectivity index (χ3n) is 4.76. The zero-order valence-corrected chi connectivity index (χ0v) is 16.9. The van der Waals surface area contributed by atoms with E-state index in [9.17, 15) is 4.79 Å². The highest BCUT2D eigenvalue weighted by Gasteiger charge is 2.25. The Morgan fingerprint density at radius 1 is 1.44 bits per heavy atom. The fraction of sp³-hybridized carbons (Fsp3) is 0.556. The second kappa shape index (κ2) is 8.98. The number of guanidine groups is 1. The Kier molecular flexibility index (Phi) is 6.44. The highest BCUT2D eigenvalue weighted by molar-refractivity contribution is 7.09. The Hall–Kier alpha value is -2.42. The van der Waals surface area contributed by atoms with Crippen molar-refractivity contribution in [1.29, 1.82) is 0 Å². The van der Waals surface area contributed by atoms with Crippen molar-refractivity contribution in [3.63, 3.8) is 0 Å². The molecule has 3 rings (SSSR count). The first-order valence-electron chi connectivity index (χ1n) is 9.26. The van der Waals surface area contributed by atoms with E-state index in [4.69, 9.17) is 4.99 Å². The smallest absolute Gasteiger partial charge is 0.222 e. The summed E-state index contributed by atoms with van der Waals surface area (Å²) in [5.74, 6) is 2.63. The number of aryl methyl sites for hydroxylation is 1. The summed E-state index contributed by atoms with van der Waals surface area (Å²) in [6.45, 7) is 6.50. The number of aliphatic imine (C=N–C) groups is 1. The molecule has 2 aromatic heterocycles. The SMILES string of the molecule is CCC(=O)N1CCC(NC(=NCc2nnc(C)n2C)NCc2cccs2)C1. The topological polar surface area (TPSA) is 87.4 Å². The number of amides is 1. The third kappa shape index (κ3) is 5.06. The standard InChI is InChI=1S/C18H27N7OS/c1-4-17(26)25-8-7-14(12-25)21-18(19-10-15-6-5-9-27-15)20-11-16-23-22-13(2)24(16)3/h5-6,9,14H,4,7-8,10-12H2,1-3H3,(H2,19,20,21). The van der Waals surface area contributed by atoms with E-state index in [0.29, 0.717) is 19.5 Å². The van der Waals surface area contributed by atoms with Gasteiger partial charge in [0, 0.05) is 37.5 Å². The minimum Gasteiger partial charge on any atom is -0.352 e. The summed E-state index contributed by atoms with van der Waals surface area (Å²) in [4.78, 5) is 19.8. The molecule has 146 valence electrons. The summed E-state index contributed by atoms with van der Waals surface area (Å²) in [5, 5.41) is 17.2. The van der Waals surface area contributed by atoms with Crippen LogP contribution in [0, 0.1) is 6.92 Å². The Morgan fingerprint density at radius 3 is 2.96 bits per heavy atom. The second-order valence-corrected chi connectivity index (χ2v) is 7.68. The Balaban J connectivity index is 1.64. The summed E-state index contributed by atoms with van der Waals surface area (Å²) in [6.07, 6.45) is 1.48. The quantitative estimate of drug-likeness (QED) is 0.576. The molecule has 8 nitrogen and oxygen atoms in total. The van der Waals surface area contributed by atoms with Gasteiger partial charge in [0.15, 0.2) is 11.8 Å². The predicted octanol–water partition coefficient (Wildman–Crippen LogP) is 1.43. The van der Waals surface area contributed by atoms with Crippen LogP contribution in [0.1, 0.15) is 36.3 Å². The first-order valence-corrected chi connectivity index (χ1v) is 10.1. The van der Waals surface area contributed by atoms with Crippen molar-refractivity contribution in [2.45, 2.75) is 45.8 Å². The molecule has 1 aliphatic rings. The Bertz CT molecular complexity index is 784. The van der Waals surface area contributed by atoms with Gasteiger partial charge in [-0.15, -0.1) is 21.5 Å². The molecule has 0 saturated carbocycles. The maximum Gasteiger partial charge on any atom is 0.222 e. The summed E-state index contributed by atoms with van der Waals surface area (Å²) in [7, 11) is 1.94. The van der Waals surface area contributed by atoms with Crippen LogP contribution in [0.4, 0.5) is 0 Å². The maximum absolute atomic E-state index is 11.9. The van der Waals surface area contributed by atoms with Gasteiger partial charge in [0.05, 0.1) is 6.54 Å². The van der Waals surface area contributed by atoms with Gasteiger partial charge >= 0.3 is 0 Å². The molecule has 1 unspecified atom stereocenters. The third-order valence-corrected chi connectivity index (χ3v) is 5.63. The lowest BCUT2D eigenvalue weighted by Crippen LogP contribution is -2.44. The molecule has 0 spiro atoms. The minimum atomic E-state index is 0.205. The molecule has 9 heteroatoms. The monoisotopic (exact) mass is 389 g/mol. The van der Waals surface area contributed by atoms with Crippen LogP contribution in [0.15, 0.2) is 22.5 Å². The van der Waals surface area contributed by atoms with Gasteiger partial charge in [0.1, 0.15) is 12.4 Å². The average molecular weight is 390 g/mol. The van der Waals surface area contributed by atoms with Gasteiger partial charge in [-0.3, -0.25) is 4.79 Å². The van der Waals surface area contributed by atoms with Crippen LogP contribution in [-0.4, -0.2) is 50.7 Å². The molecule has 1 atom stereocenters. The van der Waals surface area contributed by atoms with Crippen molar-refractivity contribution in [3.8, 4) is 0 Å². The van der Waals surface area contributed by atoms with E-state index in [1.165, 1.54) is 4.88 Å². The van der Waals surface area contributed by atoms with E-state index >= 15 is 0 Å². The predicted molar refractivity (Wildman–Crippen MR) is 106 cm³/mol. The number of hydrogen-bond acceptors (Lipinski definition) is 5. The number of carbonyl (C=O) groups excluding carboxylic acids is 1. The molecule has 1 aliphatic heterocycles. The zero-order valence-electron chi connectivity index (χ0n) is 16.1. The van der Waals surface area contributed by atoms with Crippen molar-refractivity contribution in [3.05, 3.63) is 34.0 Å². The number of carbonyl (C=O) groups is 1. The fourth-order valence-electron chi connectivity index (χ4n) is 3.00. The molecule has 2 N–H and O–H groups in total. The largest absolute Gasteiger partial charge is 0.352 e. The van der Waals surface area contributed by atoms with Crippen LogP contribution < -0.4 is 10.6 Å². The fourth-order valence-corrected chi connectivity index (χ4v) is 3.64. The molecule has 0 bridgehead atoms. The van der Waals surface area contributed by atoms with Crippen molar-refractivity contribution in [2.75, 3.05) is 13.1 Å². The molecule has 3 heterocycles. The number of likely N-dealkylation sites (tertiary alicyclic amines) is 1. The summed E-state index contributed by atoms with van der Waals surface area (Å²) in [5.41, 5.74) is 0. The second-order valence-electron chi connectivity index (χ2n) is 6.64. The van der Waals surface area contributed by atoms with Gasteiger partial charge in [-0.05, 0) is 24.8 Å². The number of thiophene rings is 1. The van der Waals surface area contributed by atoms with Gasteiger partial charge in [-0.2, -0.15) is 0 Å². The van der Waals surface area contributed by atoms with Gasteiger partial charge in [-0.1, -0.05) is 13.0 Å². The molecule has 2 aromatic rings. The van der Waals surface area contributed by atoms with Crippen molar-refractivity contribution in [2.24, 2.45) is 12.0 Å². The first kappa shape index (κ1) is 19.3. The van der Waals surface area contributed by atoms with Crippen molar-refractivity contribution >= 4 is 23.2 Å². The first-order chi connectivity index (χ1) is 13.1. The number of aromatic nitrogens is 3. The van der Waals surface area contributed by atoms with Crippen molar-refractivity contribution in [1.82, 2.24) is 30.3 Å². The van der Waals surface area contributed by atoms with Gasteiger partial charge in [0.25, 0.3) is 0 Å². The van der Waals surface area contributed by atoms with E-state index in [1.54, 1.807) is 11.3 Å². The Morgan fingerprint density at radius 2 is 2.30 bits per heavy atom. The molecule has 1 fully saturated rings. The molecule has 1 amide bonds. The molecule has 0 aromatic carbocycles. The molecular formula is C18H27N7OS. The number of nitrogens with one attached hydrogen (secondary N) is 2. The normalized spacial score (nSPS) is 17.4. The van der Waals surface area contributed by atoms with Gasteiger partial charge in [-0.25, -0.2) is 4.99 Å². The number of rotatable bonds is 6. The van der Waals surface area contributed by atoms with Gasteiger partial charge in [0.2, 0.25) is 5.91 Å². The van der Waals surface area contributed by atoms with Crippen LogP contribution in [0.25, 0.3) is 0 Å². The summed E-state index contributed by atoms with van der Waals surface area (Å²) < 4.78 is 1.94.